The number of rotatable bonds is 5. The second-order valence-electron chi connectivity index (χ2n) is 6.58. The average Bonchev–Trinajstić information content (AvgIpc) is 2.85. The Morgan fingerprint density at radius 1 is 1.35 bits per heavy atom. The molecular weight excluding hydrogens is 246 g/mol. The Morgan fingerprint density at radius 2 is 2.05 bits per heavy atom. The van der Waals surface area contributed by atoms with Gasteiger partial charge in [0.25, 0.3) is 0 Å². The second kappa shape index (κ2) is 6.17. The molecule has 0 bridgehead atoms. The molecule has 3 N–H and O–H groups in total. The van der Waals surface area contributed by atoms with Gasteiger partial charge < -0.3 is 11.1 Å². The minimum Gasteiger partial charge on any atom is -0.399 e. The van der Waals surface area contributed by atoms with Gasteiger partial charge in [-0.1, -0.05) is 26.7 Å². The summed E-state index contributed by atoms with van der Waals surface area (Å²) in [7, 11) is 0. The topological polar surface area (TPSA) is 61.8 Å². The van der Waals surface area contributed by atoms with Gasteiger partial charge in [0.1, 0.15) is 6.07 Å². The van der Waals surface area contributed by atoms with Crippen molar-refractivity contribution in [3.63, 3.8) is 0 Å². The van der Waals surface area contributed by atoms with Crippen molar-refractivity contribution in [2.45, 2.75) is 46.0 Å². The zero-order valence-electron chi connectivity index (χ0n) is 12.6. The molecule has 3 nitrogen and oxygen atoms in total. The number of hydrogen-bond donors (Lipinski definition) is 2. The van der Waals surface area contributed by atoms with Crippen LogP contribution in [0.5, 0.6) is 0 Å². The lowest BCUT2D eigenvalue weighted by Crippen LogP contribution is -2.28. The molecule has 1 aromatic rings. The average molecular weight is 271 g/mol. The minimum atomic E-state index is 0.405. The van der Waals surface area contributed by atoms with Gasteiger partial charge in [-0.3, -0.25) is 0 Å². The third-order valence-electron chi connectivity index (χ3n) is 4.32. The fourth-order valence-electron chi connectivity index (χ4n) is 3.54. The first-order valence-corrected chi connectivity index (χ1v) is 7.58. The first-order valence-electron chi connectivity index (χ1n) is 7.58. The first kappa shape index (κ1) is 14.7. The molecule has 0 amide bonds. The van der Waals surface area contributed by atoms with Crippen LogP contribution >= 0.6 is 0 Å². The van der Waals surface area contributed by atoms with E-state index in [9.17, 15) is 5.26 Å². The van der Waals surface area contributed by atoms with Crippen molar-refractivity contribution in [1.29, 1.82) is 5.26 Å². The van der Waals surface area contributed by atoms with Gasteiger partial charge in [-0.15, -0.1) is 0 Å². The van der Waals surface area contributed by atoms with Crippen LogP contribution in [0.15, 0.2) is 18.2 Å². The van der Waals surface area contributed by atoms with Gasteiger partial charge in [0, 0.05) is 12.2 Å². The van der Waals surface area contributed by atoms with Crippen molar-refractivity contribution in [3.8, 4) is 6.07 Å². The molecule has 0 aromatic heterocycles. The predicted octanol–water partition coefficient (Wildman–Crippen LogP) is 4.16. The molecule has 1 aliphatic rings. The lowest BCUT2D eigenvalue weighted by molar-refractivity contribution is 0.252. The van der Waals surface area contributed by atoms with Crippen LogP contribution in [-0.2, 0) is 0 Å². The smallest absolute Gasteiger partial charge is 0.101 e. The third-order valence-corrected chi connectivity index (χ3v) is 4.32. The number of hydrogen-bond acceptors (Lipinski definition) is 3. The normalized spacial score (nSPS) is 17.1. The summed E-state index contributed by atoms with van der Waals surface area (Å²) in [5, 5.41) is 12.7. The van der Waals surface area contributed by atoms with E-state index in [-0.39, 0.29) is 0 Å². The highest BCUT2D eigenvalue weighted by atomic mass is 14.9. The maximum Gasteiger partial charge on any atom is 0.101 e. The molecule has 1 fully saturated rings. The van der Waals surface area contributed by atoms with Crippen LogP contribution in [0, 0.1) is 22.7 Å². The van der Waals surface area contributed by atoms with Gasteiger partial charge in [0.05, 0.1) is 11.3 Å². The van der Waals surface area contributed by atoms with Crippen LogP contribution in [0.3, 0.4) is 0 Å². The van der Waals surface area contributed by atoms with Gasteiger partial charge in [0.2, 0.25) is 0 Å². The van der Waals surface area contributed by atoms with Gasteiger partial charge in [-0.2, -0.15) is 5.26 Å². The van der Waals surface area contributed by atoms with Crippen molar-refractivity contribution in [3.05, 3.63) is 23.8 Å². The highest BCUT2D eigenvalue weighted by molar-refractivity contribution is 5.63. The molecule has 0 atom stereocenters. The monoisotopic (exact) mass is 271 g/mol. The zero-order valence-corrected chi connectivity index (χ0v) is 12.6. The number of anilines is 2. The molecule has 3 heteroatoms. The molecule has 0 heterocycles. The molecule has 108 valence electrons. The summed E-state index contributed by atoms with van der Waals surface area (Å²) in [4.78, 5) is 0. The maximum atomic E-state index is 9.20. The number of nitrogens with two attached hydrogens (primary N) is 1. The Labute approximate surface area is 122 Å². The standard InChI is InChI=1S/C17H25N3/c1-13(2)10-17(7-3-4-8-17)12-20-16-6-5-15(19)9-14(16)11-18/h5-6,9,13,20H,3-4,7-8,10,12,19H2,1-2H3. The Bertz CT molecular complexity index is 493. The molecule has 0 saturated heterocycles. The third kappa shape index (κ3) is 3.45. The van der Waals surface area contributed by atoms with Crippen LogP contribution < -0.4 is 11.1 Å². The Balaban J connectivity index is 2.08. The molecule has 0 aliphatic heterocycles. The molecule has 0 unspecified atom stereocenters. The minimum absolute atomic E-state index is 0.405. The number of nitriles is 1. The van der Waals surface area contributed by atoms with Crippen LogP contribution in [0.4, 0.5) is 11.4 Å². The SMILES string of the molecule is CC(C)CC1(CNc2ccc(N)cc2C#N)CCCC1. The molecule has 2 rings (SSSR count). The number of nitrogen functional groups attached to an aromatic ring is 1. The summed E-state index contributed by atoms with van der Waals surface area (Å²) in [6.45, 7) is 5.55. The largest absolute Gasteiger partial charge is 0.399 e. The molecule has 1 saturated carbocycles. The van der Waals surface area contributed by atoms with E-state index in [1.54, 1.807) is 6.07 Å². The lowest BCUT2D eigenvalue weighted by atomic mass is 9.78. The zero-order chi connectivity index (χ0) is 14.6. The van der Waals surface area contributed by atoms with Crippen LogP contribution in [0.1, 0.15) is 51.5 Å². The fraction of sp³-hybridized carbons (Fsp3) is 0.588. The molecular formula is C17H25N3. The van der Waals surface area contributed by atoms with Crippen molar-refractivity contribution in [2.24, 2.45) is 11.3 Å². The van der Waals surface area contributed by atoms with Gasteiger partial charge in [-0.25, -0.2) is 0 Å². The maximum absolute atomic E-state index is 9.20. The summed E-state index contributed by atoms with van der Waals surface area (Å²) >= 11 is 0. The van der Waals surface area contributed by atoms with Crippen LogP contribution in [0.2, 0.25) is 0 Å². The van der Waals surface area contributed by atoms with Gasteiger partial charge >= 0.3 is 0 Å². The summed E-state index contributed by atoms with van der Waals surface area (Å²) < 4.78 is 0. The quantitative estimate of drug-likeness (QED) is 0.790. The Kier molecular flexibility index (Phi) is 4.54. The highest BCUT2D eigenvalue weighted by Crippen LogP contribution is 2.43. The van der Waals surface area contributed by atoms with E-state index in [0.717, 1.165) is 18.2 Å². The predicted molar refractivity (Wildman–Crippen MR) is 84.4 cm³/mol. The van der Waals surface area contributed by atoms with Crippen molar-refractivity contribution in [1.82, 2.24) is 0 Å². The van der Waals surface area contributed by atoms with E-state index in [1.807, 2.05) is 12.1 Å². The van der Waals surface area contributed by atoms with E-state index >= 15 is 0 Å². The Hall–Kier alpha value is -1.69. The van der Waals surface area contributed by atoms with E-state index in [1.165, 1.54) is 32.1 Å². The van der Waals surface area contributed by atoms with Crippen molar-refractivity contribution in [2.75, 3.05) is 17.6 Å². The summed E-state index contributed by atoms with van der Waals surface area (Å²) in [6, 6.07) is 7.74. The number of nitrogens with zero attached hydrogens (tertiary/aromatic N) is 1. The first-order chi connectivity index (χ1) is 9.54. The van der Waals surface area contributed by atoms with Crippen molar-refractivity contribution >= 4 is 11.4 Å². The van der Waals surface area contributed by atoms with Crippen LogP contribution in [0.25, 0.3) is 0 Å². The van der Waals surface area contributed by atoms with E-state index in [2.05, 4.69) is 25.2 Å². The summed E-state index contributed by atoms with van der Waals surface area (Å²) in [5.74, 6) is 0.719. The lowest BCUT2D eigenvalue weighted by Gasteiger charge is -2.31. The van der Waals surface area contributed by atoms with Crippen molar-refractivity contribution < 1.29 is 0 Å². The molecule has 1 aliphatic carbocycles. The summed E-state index contributed by atoms with van der Waals surface area (Å²) in [6.07, 6.45) is 6.53. The molecule has 0 radical (unpaired) electrons. The summed E-state index contributed by atoms with van der Waals surface area (Å²) in [5.41, 5.74) is 8.34. The highest BCUT2D eigenvalue weighted by Gasteiger charge is 2.34. The molecule has 0 spiro atoms. The Morgan fingerprint density at radius 3 is 2.65 bits per heavy atom. The van der Waals surface area contributed by atoms with Gasteiger partial charge in [0.15, 0.2) is 0 Å². The van der Waals surface area contributed by atoms with E-state index in [0.29, 0.717) is 16.7 Å². The molecule has 20 heavy (non-hydrogen) atoms. The number of nitrogens with one attached hydrogen (secondary N) is 1. The second-order valence-corrected chi connectivity index (χ2v) is 6.58. The van der Waals surface area contributed by atoms with Crippen LogP contribution in [-0.4, -0.2) is 6.54 Å². The number of benzene rings is 1. The molecule has 1 aromatic carbocycles. The van der Waals surface area contributed by atoms with E-state index < -0.39 is 0 Å². The fourth-order valence-corrected chi connectivity index (χ4v) is 3.54. The van der Waals surface area contributed by atoms with Gasteiger partial charge in [-0.05, 0) is 48.8 Å². The van der Waals surface area contributed by atoms with E-state index in [4.69, 9.17) is 5.73 Å².